The molecular weight excluding hydrogens is 452 g/mol. The van der Waals surface area contributed by atoms with Crippen molar-refractivity contribution in [3.8, 4) is 0 Å². The van der Waals surface area contributed by atoms with Gasteiger partial charge in [-0.2, -0.15) is 17.0 Å². The molecule has 2 aliphatic heterocycles. The molecule has 0 aromatic carbocycles. The van der Waals surface area contributed by atoms with E-state index in [1.165, 1.54) is 19.2 Å². The van der Waals surface area contributed by atoms with E-state index in [9.17, 15) is 18.0 Å². The zero-order chi connectivity index (χ0) is 20.5. The van der Waals surface area contributed by atoms with Crippen LogP contribution in [0.2, 0.25) is 0 Å². The second-order valence-electron chi connectivity index (χ2n) is 7.18. The summed E-state index contributed by atoms with van der Waals surface area (Å²) < 4.78 is 36.4. The number of carbonyl (C=O) groups excluding carboxylic acids is 1. The molecule has 2 saturated heterocycles. The van der Waals surface area contributed by atoms with Crippen LogP contribution in [0.5, 0.6) is 0 Å². The smallest absolute Gasteiger partial charge is 0.282 e. The van der Waals surface area contributed by atoms with Crippen molar-refractivity contribution in [1.29, 1.82) is 0 Å². The van der Waals surface area contributed by atoms with Gasteiger partial charge in [0.25, 0.3) is 15.8 Å². The number of morpholine rings is 1. The average molecular weight is 477 g/mol. The van der Waals surface area contributed by atoms with Crippen molar-refractivity contribution in [2.75, 3.05) is 39.3 Å². The minimum atomic E-state index is -3.58. The van der Waals surface area contributed by atoms with Crippen LogP contribution in [0.1, 0.15) is 13.8 Å². The predicted molar refractivity (Wildman–Crippen MR) is 107 cm³/mol. The first kappa shape index (κ1) is 21.4. The Labute approximate surface area is 173 Å². The van der Waals surface area contributed by atoms with E-state index in [1.54, 1.807) is 17.2 Å². The molecular formula is C17H25BrN4O5S. The third kappa shape index (κ3) is 4.82. The lowest BCUT2D eigenvalue weighted by atomic mass is 10.3. The largest absolute Gasteiger partial charge is 0.373 e. The lowest BCUT2D eigenvalue weighted by molar-refractivity contribution is -0.133. The van der Waals surface area contributed by atoms with E-state index in [4.69, 9.17) is 4.74 Å². The Hall–Kier alpha value is -1.27. The van der Waals surface area contributed by atoms with Gasteiger partial charge in [0.15, 0.2) is 0 Å². The number of aromatic nitrogens is 1. The number of halogens is 1. The highest BCUT2D eigenvalue weighted by atomic mass is 79.9. The number of nitrogens with zero attached hydrogens (tertiary/aromatic N) is 4. The number of hydrogen-bond donors (Lipinski definition) is 0. The lowest BCUT2D eigenvalue weighted by Crippen LogP contribution is -2.58. The SMILES string of the molecule is CC1CN(S(=O)(=O)N2CCN(C(=O)Cn3cc(Br)ccc3=O)CC2)CC(C)O1. The molecule has 3 heterocycles. The van der Waals surface area contributed by atoms with Crippen LogP contribution >= 0.6 is 15.9 Å². The first-order chi connectivity index (χ1) is 13.2. The third-order valence-electron chi connectivity index (χ3n) is 4.88. The Bertz CT molecular complexity index is 872. The number of hydrogen-bond acceptors (Lipinski definition) is 5. The predicted octanol–water partition coefficient (Wildman–Crippen LogP) is 0.109. The Kier molecular flexibility index (Phi) is 6.60. The summed E-state index contributed by atoms with van der Waals surface area (Å²) in [6.45, 7) is 5.39. The van der Waals surface area contributed by atoms with Gasteiger partial charge in [0.1, 0.15) is 6.54 Å². The molecule has 28 heavy (non-hydrogen) atoms. The molecule has 2 aliphatic rings. The molecule has 1 aromatic rings. The fraction of sp³-hybridized carbons (Fsp3) is 0.647. The van der Waals surface area contributed by atoms with Crippen LogP contribution in [0.4, 0.5) is 0 Å². The molecule has 9 nitrogen and oxygen atoms in total. The van der Waals surface area contributed by atoms with Gasteiger partial charge in [0.2, 0.25) is 5.91 Å². The van der Waals surface area contributed by atoms with Gasteiger partial charge in [-0.25, -0.2) is 0 Å². The zero-order valence-corrected chi connectivity index (χ0v) is 18.4. The van der Waals surface area contributed by atoms with Crippen LogP contribution in [-0.2, 0) is 26.3 Å². The topological polar surface area (TPSA) is 92.2 Å². The lowest BCUT2D eigenvalue weighted by Gasteiger charge is -2.40. The van der Waals surface area contributed by atoms with E-state index in [1.807, 2.05) is 13.8 Å². The van der Waals surface area contributed by atoms with Crippen molar-refractivity contribution < 1.29 is 17.9 Å². The monoisotopic (exact) mass is 476 g/mol. The summed E-state index contributed by atoms with van der Waals surface area (Å²) in [5.41, 5.74) is -0.256. The summed E-state index contributed by atoms with van der Waals surface area (Å²) >= 11 is 3.29. The molecule has 0 saturated carbocycles. The number of pyridine rings is 1. The summed E-state index contributed by atoms with van der Waals surface area (Å²) in [6, 6.07) is 3.02. The van der Waals surface area contributed by atoms with E-state index in [2.05, 4.69) is 15.9 Å². The van der Waals surface area contributed by atoms with Gasteiger partial charge in [0.05, 0.1) is 12.2 Å². The minimum absolute atomic E-state index is 0.0660. The highest BCUT2D eigenvalue weighted by molar-refractivity contribution is 9.10. The van der Waals surface area contributed by atoms with Crippen LogP contribution in [0.25, 0.3) is 0 Å². The van der Waals surface area contributed by atoms with E-state index in [0.29, 0.717) is 30.7 Å². The molecule has 2 fully saturated rings. The minimum Gasteiger partial charge on any atom is -0.373 e. The van der Waals surface area contributed by atoms with Crippen LogP contribution < -0.4 is 5.56 Å². The maximum absolute atomic E-state index is 12.9. The van der Waals surface area contributed by atoms with Crippen LogP contribution in [0, 0.1) is 0 Å². The summed E-state index contributed by atoms with van der Waals surface area (Å²) in [5.74, 6) is -0.203. The third-order valence-corrected chi connectivity index (χ3v) is 7.32. The first-order valence-corrected chi connectivity index (χ1v) is 11.4. The molecule has 0 bridgehead atoms. The number of rotatable bonds is 4. The molecule has 2 atom stereocenters. The van der Waals surface area contributed by atoms with Gasteiger partial charge in [0, 0.05) is 56.0 Å². The van der Waals surface area contributed by atoms with E-state index in [-0.39, 0.29) is 43.3 Å². The molecule has 156 valence electrons. The molecule has 11 heteroatoms. The van der Waals surface area contributed by atoms with Crippen molar-refractivity contribution in [2.24, 2.45) is 0 Å². The molecule has 1 amide bonds. The fourth-order valence-electron chi connectivity index (χ4n) is 3.52. The molecule has 0 N–H and O–H groups in total. The molecule has 1 aromatic heterocycles. The van der Waals surface area contributed by atoms with Crippen LogP contribution in [-0.4, -0.2) is 83.9 Å². The number of ether oxygens (including phenoxy) is 1. The van der Waals surface area contributed by atoms with Crippen molar-refractivity contribution >= 4 is 32.0 Å². The average Bonchev–Trinajstić information content (AvgIpc) is 2.64. The number of piperazine rings is 1. The van der Waals surface area contributed by atoms with Crippen LogP contribution in [0.15, 0.2) is 27.6 Å². The van der Waals surface area contributed by atoms with E-state index < -0.39 is 10.2 Å². The van der Waals surface area contributed by atoms with Gasteiger partial charge in [-0.15, -0.1) is 0 Å². The molecule has 0 radical (unpaired) electrons. The van der Waals surface area contributed by atoms with E-state index >= 15 is 0 Å². The van der Waals surface area contributed by atoms with E-state index in [0.717, 1.165) is 0 Å². The number of carbonyl (C=O) groups is 1. The van der Waals surface area contributed by atoms with Crippen molar-refractivity contribution in [2.45, 2.75) is 32.6 Å². The van der Waals surface area contributed by atoms with Gasteiger partial charge >= 0.3 is 0 Å². The molecule has 2 unspecified atom stereocenters. The second kappa shape index (κ2) is 8.62. The molecule has 0 aliphatic carbocycles. The van der Waals surface area contributed by atoms with Crippen LogP contribution in [0.3, 0.4) is 0 Å². The van der Waals surface area contributed by atoms with Gasteiger partial charge < -0.3 is 14.2 Å². The highest BCUT2D eigenvalue weighted by Gasteiger charge is 2.37. The van der Waals surface area contributed by atoms with Gasteiger partial charge in [-0.05, 0) is 35.8 Å². The Morgan fingerprint density at radius 1 is 1.11 bits per heavy atom. The normalized spacial score (nSPS) is 25.0. The zero-order valence-electron chi connectivity index (χ0n) is 16.0. The molecule has 3 rings (SSSR count). The molecule has 0 spiro atoms. The highest BCUT2D eigenvalue weighted by Crippen LogP contribution is 2.19. The Morgan fingerprint density at radius 2 is 1.71 bits per heavy atom. The quantitative estimate of drug-likeness (QED) is 0.614. The summed E-state index contributed by atoms with van der Waals surface area (Å²) in [7, 11) is -3.58. The Balaban J connectivity index is 1.60. The van der Waals surface area contributed by atoms with Crippen molar-refractivity contribution in [1.82, 2.24) is 18.1 Å². The first-order valence-electron chi connectivity index (χ1n) is 9.21. The van der Waals surface area contributed by atoms with Gasteiger partial charge in [-0.1, -0.05) is 0 Å². The summed E-state index contributed by atoms with van der Waals surface area (Å²) in [6.07, 6.45) is 1.27. The van der Waals surface area contributed by atoms with Crippen molar-refractivity contribution in [3.05, 3.63) is 33.2 Å². The second-order valence-corrected chi connectivity index (χ2v) is 10.0. The van der Waals surface area contributed by atoms with Gasteiger partial charge in [-0.3, -0.25) is 9.59 Å². The summed E-state index contributed by atoms with van der Waals surface area (Å²) in [5, 5.41) is 0. The fourth-order valence-corrected chi connectivity index (χ4v) is 5.65. The Morgan fingerprint density at radius 3 is 2.32 bits per heavy atom. The maximum atomic E-state index is 12.9. The standard InChI is InChI=1S/C17H25BrN4O5S/c1-13-9-22(10-14(2)27-13)28(25,26)21-7-5-19(6-8-21)17(24)12-20-11-15(18)3-4-16(20)23/h3-4,11,13-14H,5-10,12H2,1-2H3. The summed E-state index contributed by atoms with van der Waals surface area (Å²) in [4.78, 5) is 26.0. The number of amides is 1. The maximum Gasteiger partial charge on any atom is 0.282 e. The van der Waals surface area contributed by atoms with Crippen molar-refractivity contribution in [3.63, 3.8) is 0 Å².